The second-order valence-electron chi connectivity index (χ2n) is 4.94. The van der Waals surface area contributed by atoms with E-state index in [4.69, 9.17) is 13.9 Å². The van der Waals surface area contributed by atoms with Crippen LogP contribution in [0, 0.1) is 0 Å². The summed E-state index contributed by atoms with van der Waals surface area (Å²) < 4.78 is 16.3. The van der Waals surface area contributed by atoms with Crippen molar-refractivity contribution in [3.63, 3.8) is 0 Å². The van der Waals surface area contributed by atoms with Crippen LogP contribution in [0.2, 0.25) is 0 Å². The van der Waals surface area contributed by atoms with Crippen LogP contribution < -0.4 is 10.1 Å². The van der Waals surface area contributed by atoms with Crippen molar-refractivity contribution in [2.24, 2.45) is 0 Å². The van der Waals surface area contributed by atoms with Crippen LogP contribution in [0.15, 0.2) is 41.0 Å². The largest absolute Gasteiger partial charge is 0.497 e. The normalized spacial score (nSPS) is 10.8. The van der Waals surface area contributed by atoms with Gasteiger partial charge in [-0.05, 0) is 36.7 Å². The molecule has 0 fully saturated rings. The van der Waals surface area contributed by atoms with Crippen molar-refractivity contribution < 1.29 is 13.9 Å². The van der Waals surface area contributed by atoms with Gasteiger partial charge in [-0.25, -0.2) is 0 Å². The summed E-state index contributed by atoms with van der Waals surface area (Å²) in [5.41, 5.74) is 2.28. The molecule has 4 heteroatoms. The molecular weight excluding hydrogens is 266 g/mol. The summed E-state index contributed by atoms with van der Waals surface area (Å²) in [6.45, 7) is 5.07. The van der Waals surface area contributed by atoms with Gasteiger partial charge in [0.1, 0.15) is 18.1 Å². The van der Waals surface area contributed by atoms with Gasteiger partial charge in [0.2, 0.25) is 0 Å². The highest BCUT2D eigenvalue weighted by atomic mass is 16.5. The van der Waals surface area contributed by atoms with Gasteiger partial charge < -0.3 is 19.2 Å². The lowest BCUT2D eigenvalue weighted by atomic mass is 10.2. The van der Waals surface area contributed by atoms with Crippen LogP contribution in [0.1, 0.15) is 30.2 Å². The van der Waals surface area contributed by atoms with E-state index in [9.17, 15) is 0 Å². The van der Waals surface area contributed by atoms with Crippen LogP contribution in [-0.2, 0) is 24.5 Å². The maximum absolute atomic E-state index is 5.66. The van der Waals surface area contributed by atoms with Crippen molar-refractivity contribution in [2.75, 3.05) is 13.7 Å². The fraction of sp³-hybridized carbons (Fsp3) is 0.412. The first-order chi connectivity index (χ1) is 10.3. The topological polar surface area (TPSA) is 43.6 Å². The molecule has 1 N–H and O–H groups in total. The van der Waals surface area contributed by atoms with Crippen LogP contribution in [0.3, 0.4) is 0 Å². The number of benzene rings is 1. The number of methoxy groups -OCH3 is 1. The summed E-state index contributed by atoms with van der Waals surface area (Å²) in [5, 5.41) is 3.34. The fourth-order valence-electron chi connectivity index (χ4n) is 2.00. The van der Waals surface area contributed by atoms with Crippen LogP contribution >= 0.6 is 0 Å². The summed E-state index contributed by atoms with van der Waals surface area (Å²) in [5.74, 6) is 1.71. The van der Waals surface area contributed by atoms with Crippen molar-refractivity contribution in [3.8, 4) is 5.75 Å². The summed E-state index contributed by atoms with van der Waals surface area (Å²) >= 11 is 0. The van der Waals surface area contributed by atoms with Gasteiger partial charge in [-0.3, -0.25) is 0 Å². The number of nitrogens with one attached hydrogen (secondary N) is 1. The standard InChI is InChI=1S/C17H23NO3/c1-3-8-18-10-15-9-17(21-12-15)13-20-11-14-4-6-16(19-2)7-5-14/h4-7,9,12,18H,3,8,10-11,13H2,1-2H3. The third-order valence-electron chi connectivity index (χ3n) is 3.14. The van der Waals surface area contributed by atoms with E-state index in [1.165, 1.54) is 0 Å². The Morgan fingerprint density at radius 1 is 1.10 bits per heavy atom. The molecule has 2 aromatic rings. The predicted octanol–water partition coefficient (Wildman–Crippen LogP) is 3.50. The SMILES string of the molecule is CCCNCc1coc(COCc2ccc(OC)cc2)c1. The molecule has 1 aromatic carbocycles. The zero-order chi connectivity index (χ0) is 14.9. The summed E-state index contributed by atoms with van der Waals surface area (Å²) in [6, 6.07) is 9.91. The summed E-state index contributed by atoms with van der Waals surface area (Å²) in [6.07, 6.45) is 2.92. The van der Waals surface area contributed by atoms with Crippen LogP contribution in [0.25, 0.3) is 0 Å². The number of furan rings is 1. The molecule has 0 spiro atoms. The highest BCUT2D eigenvalue weighted by Crippen LogP contribution is 2.14. The molecule has 0 aliphatic rings. The first-order valence-corrected chi connectivity index (χ1v) is 7.29. The van der Waals surface area contributed by atoms with Gasteiger partial charge in [0.05, 0.1) is 20.0 Å². The molecule has 0 saturated carbocycles. The molecule has 0 saturated heterocycles. The lowest BCUT2D eigenvalue weighted by Gasteiger charge is -2.04. The van der Waals surface area contributed by atoms with Crippen LogP contribution in [0.4, 0.5) is 0 Å². The zero-order valence-electron chi connectivity index (χ0n) is 12.7. The molecule has 0 unspecified atom stereocenters. The Hall–Kier alpha value is -1.78. The second kappa shape index (κ2) is 8.49. The van der Waals surface area contributed by atoms with E-state index >= 15 is 0 Å². The van der Waals surface area contributed by atoms with Crippen LogP contribution in [-0.4, -0.2) is 13.7 Å². The smallest absolute Gasteiger partial charge is 0.129 e. The number of ether oxygens (including phenoxy) is 2. The van der Waals surface area contributed by atoms with Crippen molar-refractivity contribution in [1.29, 1.82) is 0 Å². The zero-order valence-corrected chi connectivity index (χ0v) is 12.7. The second-order valence-corrected chi connectivity index (χ2v) is 4.94. The highest BCUT2D eigenvalue weighted by molar-refractivity contribution is 5.26. The van der Waals surface area contributed by atoms with Crippen molar-refractivity contribution in [1.82, 2.24) is 5.32 Å². The molecule has 2 rings (SSSR count). The van der Waals surface area contributed by atoms with Gasteiger partial charge in [-0.1, -0.05) is 19.1 Å². The number of hydrogen-bond donors (Lipinski definition) is 1. The van der Waals surface area contributed by atoms with E-state index < -0.39 is 0 Å². The van der Waals surface area contributed by atoms with E-state index in [1.807, 2.05) is 30.3 Å². The van der Waals surface area contributed by atoms with E-state index in [1.54, 1.807) is 13.4 Å². The predicted molar refractivity (Wildman–Crippen MR) is 82.2 cm³/mol. The van der Waals surface area contributed by atoms with Gasteiger partial charge in [0.25, 0.3) is 0 Å². The Bertz CT molecular complexity index is 519. The van der Waals surface area contributed by atoms with E-state index in [-0.39, 0.29) is 0 Å². The first-order valence-electron chi connectivity index (χ1n) is 7.29. The minimum atomic E-state index is 0.486. The molecule has 0 amide bonds. The first kappa shape index (κ1) is 15.6. The number of rotatable bonds is 9. The summed E-state index contributed by atoms with van der Waals surface area (Å²) in [4.78, 5) is 0. The quantitative estimate of drug-likeness (QED) is 0.717. The minimum absolute atomic E-state index is 0.486. The summed E-state index contributed by atoms with van der Waals surface area (Å²) in [7, 11) is 1.66. The Labute approximate surface area is 126 Å². The molecule has 0 atom stereocenters. The highest BCUT2D eigenvalue weighted by Gasteiger charge is 2.02. The van der Waals surface area contributed by atoms with Crippen molar-refractivity contribution in [3.05, 3.63) is 53.5 Å². The van der Waals surface area contributed by atoms with E-state index in [0.29, 0.717) is 13.2 Å². The van der Waals surface area contributed by atoms with E-state index in [0.717, 1.165) is 42.1 Å². The van der Waals surface area contributed by atoms with Crippen LogP contribution in [0.5, 0.6) is 5.75 Å². The molecule has 0 radical (unpaired) electrons. The Balaban J connectivity index is 1.72. The molecule has 114 valence electrons. The molecule has 4 nitrogen and oxygen atoms in total. The maximum atomic E-state index is 5.66. The fourth-order valence-corrected chi connectivity index (χ4v) is 2.00. The van der Waals surface area contributed by atoms with Crippen molar-refractivity contribution >= 4 is 0 Å². The van der Waals surface area contributed by atoms with E-state index in [2.05, 4.69) is 12.2 Å². The Morgan fingerprint density at radius 3 is 2.62 bits per heavy atom. The molecule has 0 aliphatic heterocycles. The molecule has 1 heterocycles. The van der Waals surface area contributed by atoms with Gasteiger partial charge in [-0.15, -0.1) is 0 Å². The monoisotopic (exact) mass is 289 g/mol. The molecule has 0 aliphatic carbocycles. The van der Waals surface area contributed by atoms with Gasteiger partial charge in [0.15, 0.2) is 0 Å². The molecule has 1 aromatic heterocycles. The lowest BCUT2D eigenvalue weighted by Crippen LogP contribution is -2.13. The van der Waals surface area contributed by atoms with Crippen molar-refractivity contribution in [2.45, 2.75) is 33.1 Å². The van der Waals surface area contributed by atoms with Gasteiger partial charge >= 0.3 is 0 Å². The third-order valence-corrected chi connectivity index (χ3v) is 3.14. The molecular formula is C17H23NO3. The average molecular weight is 289 g/mol. The third kappa shape index (κ3) is 5.25. The van der Waals surface area contributed by atoms with Gasteiger partial charge in [0, 0.05) is 12.1 Å². The molecule has 0 bridgehead atoms. The molecule has 21 heavy (non-hydrogen) atoms. The lowest BCUT2D eigenvalue weighted by molar-refractivity contribution is 0.0929. The van der Waals surface area contributed by atoms with Gasteiger partial charge in [-0.2, -0.15) is 0 Å². The average Bonchev–Trinajstić information content (AvgIpc) is 2.96. The number of hydrogen-bond acceptors (Lipinski definition) is 4. The maximum Gasteiger partial charge on any atom is 0.129 e. The minimum Gasteiger partial charge on any atom is -0.497 e. The Morgan fingerprint density at radius 2 is 1.90 bits per heavy atom. The Kier molecular flexibility index (Phi) is 6.31.